The van der Waals surface area contributed by atoms with Crippen molar-refractivity contribution in [2.24, 2.45) is 0 Å². The Morgan fingerprint density at radius 1 is 1.13 bits per heavy atom. The van der Waals surface area contributed by atoms with Crippen molar-refractivity contribution in [1.29, 1.82) is 0 Å². The zero-order valence-corrected chi connectivity index (χ0v) is 11.8. The Morgan fingerprint density at radius 2 is 1.91 bits per heavy atom. The van der Waals surface area contributed by atoms with E-state index in [0.29, 0.717) is 11.4 Å². The number of aromatic nitrogens is 3. The summed E-state index contributed by atoms with van der Waals surface area (Å²) in [5.74, 6) is -0.434. The Kier molecular flexibility index (Phi) is 3.79. The second-order valence-corrected chi connectivity index (χ2v) is 4.62. The smallest absolute Gasteiger partial charge is 0.294 e. The van der Waals surface area contributed by atoms with Gasteiger partial charge in [0.25, 0.3) is 11.6 Å². The largest absolute Gasteiger partial charge is 0.322 e. The van der Waals surface area contributed by atoms with Crippen LogP contribution < -0.4 is 5.32 Å². The highest BCUT2D eigenvalue weighted by Crippen LogP contribution is 2.24. The lowest BCUT2D eigenvalue weighted by atomic mass is 10.1. The van der Waals surface area contributed by atoms with Crippen LogP contribution >= 0.6 is 0 Å². The Balaban J connectivity index is 1.93. The summed E-state index contributed by atoms with van der Waals surface area (Å²) in [6, 6.07) is 7.55. The molecule has 1 N–H and O–H groups in total. The predicted molar refractivity (Wildman–Crippen MR) is 82.4 cm³/mol. The number of nitrogens with one attached hydrogen (secondary N) is 1. The molecule has 0 radical (unpaired) electrons. The third kappa shape index (κ3) is 3.05. The number of hydrogen-bond acceptors (Lipinski definition) is 5. The molecule has 2 aromatic heterocycles. The van der Waals surface area contributed by atoms with E-state index in [-0.39, 0.29) is 11.3 Å². The molecule has 0 fully saturated rings. The molecule has 0 atom stereocenters. The van der Waals surface area contributed by atoms with Crippen LogP contribution in [-0.2, 0) is 0 Å². The summed E-state index contributed by atoms with van der Waals surface area (Å²) in [5, 5.41) is 13.9. The van der Waals surface area contributed by atoms with Crippen molar-refractivity contribution in [3.8, 4) is 5.69 Å². The molecule has 114 valence electrons. The van der Waals surface area contributed by atoms with Gasteiger partial charge in [-0.2, -0.15) is 0 Å². The van der Waals surface area contributed by atoms with Gasteiger partial charge in [-0.1, -0.05) is 0 Å². The van der Waals surface area contributed by atoms with Gasteiger partial charge in [-0.15, -0.1) is 0 Å². The number of nitrogens with zero attached hydrogens (tertiary/aromatic N) is 4. The van der Waals surface area contributed by atoms with Crippen LogP contribution in [-0.4, -0.2) is 25.4 Å². The van der Waals surface area contributed by atoms with Crippen LogP contribution in [0.15, 0.2) is 61.4 Å². The van der Waals surface area contributed by atoms with E-state index in [1.807, 2.05) is 0 Å². The number of imidazole rings is 1. The van der Waals surface area contributed by atoms with Crippen LogP contribution in [0.25, 0.3) is 5.69 Å². The van der Waals surface area contributed by atoms with E-state index in [2.05, 4.69) is 15.3 Å². The molecule has 23 heavy (non-hydrogen) atoms. The first-order valence-corrected chi connectivity index (χ1v) is 6.63. The highest BCUT2D eigenvalue weighted by Gasteiger charge is 2.18. The average molecular weight is 309 g/mol. The molecule has 0 spiro atoms. The average Bonchev–Trinajstić information content (AvgIpc) is 3.09. The number of nitro groups is 1. The minimum absolute atomic E-state index is 0.176. The number of benzene rings is 1. The van der Waals surface area contributed by atoms with Gasteiger partial charge < -0.3 is 9.88 Å². The summed E-state index contributed by atoms with van der Waals surface area (Å²) in [5.41, 5.74) is 0.919. The number of hydrogen-bond donors (Lipinski definition) is 1. The number of pyridine rings is 1. The maximum atomic E-state index is 12.2. The third-order valence-corrected chi connectivity index (χ3v) is 3.16. The molecule has 8 heteroatoms. The molecule has 3 aromatic rings. The van der Waals surface area contributed by atoms with Crippen LogP contribution in [0.5, 0.6) is 0 Å². The molecule has 0 unspecified atom stereocenters. The highest BCUT2D eigenvalue weighted by atomic mass is 16.6. The minimum Gasteiger partial charge on any atom is -0.322 e. The SMILES string of the molecule is O=C(Nc1ccncc1)c1ccc(-n2ccnc2)c([N+](=O)[O-])c1. The molecule has 1 aromatic carbocycles. The fourth-order valence-electron chi connectivity index (χ4n) is 2.07. The first-order valence-electron chi connectivity index (χ1n) is 6.63. The van der Waals surface area contributed by atoms with Crippen molar-refractivity contribution in [2.75, 3.05) is 5.32 Å². The molecule has 0 aliphatic rings. The molecule has 0 saturated carbocycles. The van der Waals surface area contributed by atoms with Crippen molar-refractivity contribution in [1.82, 2.24) is 14.5 Å². The normalized spacial score (nSPS) is 10.3. The molecule has 0 bridgehead atoms. The predicted octanol–water partition coefficient (Wildman–Crippen LogP) is 2.43. The van der Waals surface area contributed by atoms with Crippen LogP contribution in [0.1, 0.15) is 10.4 Å². The number of nitro benzene ring substituents is 1. The van der Waals surface area contributed by atoms with Crippen LogP contribution in [0.3, 0.4) is 0 Å². The third-order valence-electron chi connectivity index (χ3n) is 3.16. The summed E-state index contributed by atoms with van der Waals surface area (Å²) >= 11 is 0. The monoisotopic (exact) mass is 309 g/mol. The van der Waals surface area contributed by atoms with Crippen molar-refractivity contribution < 1.29 is 9.72 Å². The van der Waals surface area contributed by atoms with Gasteiger partial charge >= 0.3 is 0 Å². The molecule has 0 aliphatic heterocycles. The van der Waals surface area contributed by atoms with E-state index in [1.165, 1.54) is 35.3 Å². The minimum atomic E-state index is -0.529. The zero-order valence-electron chi connectivity index (χ0n) is 11.8. The molecule has 8 nitrogen and oxygen atoms in total. The van der Waals surface area contributed by atoms with Gasteiger partial charge in [0.2, 0.25) is 0 Å². The van der Waals surface area contributed by atoms with Gasteiger partial charge in [0, 0.05) is 42.1 Å². The lowest BCUT2D eigenvalue weighted by Crippen LogP contribution is -2.12. The lowest BCUT2D eigenvalue weighted by Gasteiger charge is -2.07. The van der Waals surface area contributed by atoms with E-state index in [9.17, 15) is 14.9 Å². The number of carbonyl (C=O) groups excluding carboxylic acids is 1. The van der Waals surface area contributed by atoms with E-state index < -0.39 is 10.8 Å². The lowest BCUT2D eigenvalue weighted by molar-refractivity contribution is -0.384. The van der Waals surface area contributed by atoms with Gasteiger partial charge in [0.1, 0.15) is 5.69 Å². The first kappa shape index (κ1) is 14.4. The first-order chi connectivity index (χ1) is 11.1. The van der Waals surface area contributed by atoms with Gasteiger partial charge in [-0.25, -0.2) is 4.98 Å². The fourth-order valence-corrected chi connectivity index (χ4v) is 2.07. The fraction of sp³-hybridized carbons (Fsp3) is 0. The Labute approximate surface area is 130 Å². The Morgan fingerprint density at radius 3 is 2.57 bits per heavy atom. The van der Waals surface area contributed by atoms with E-state index in [0.717, 1.165) is 0 Å². The van der Waals surface area contributed by atoms with Crippen LogP contribution in [0.2, 0.25) is 0 Å². The molecule has 0 saturated heterocycles. The van der Waals surface area contributed by atoms with E-state index >= 15 is 0 Å². The maximum Gasteiger partial charge on any atom is 0.294 e. The van der Waals surface area contributed by atoms with Crippen LogP contribution in [0, 0.1) is 10.1 Å². The van der Waals surface area contributed by atoms with Crippen molar-refractivity contribution in [3.63, 3.8) is 0 Å². The van der Waals surface area contributed by atoms with Gasteiger partial charge in [-0.3, -0.25) is 19.9 Å². The van der Waals surface area contributed by atoms with Crippen LogP contribution in [0.4, 0.5) is 11.4 Å². The van der Waals surface area contributed by atoms with Crippen molar-refractivity contribution in [3.05, 3.63) is 77.1 Å². The summed E-state index contributed by atoms with van der Waals surface area (Å²) < 4.78 is 1.52. The number of anilines is 1. The molecule has 0 aliphatic carbocycles. The Hall–Kier alpha value is -3.55. The molecule has 3 rings (SSSR count). The second-order valence-electron chi connectivity index (χ2n) is 4.62. The van der Waals surface area contributed by atoms with Crippen molar-refractivity contribution >= 4 is 17.3 Å². The van der Waals surface area contributed by atoms with Crippen molar-refractivity contribution in [2.45, 2.75) is 0 Å². The molecular formula is C15H11N5O3. The summed E-state index contributed by atoms with van der Waals surface area (Å²) in [4.78, 5) is 30.7. The van der Waals surface area contributed by atoms with Gasteiger partial charge in [-0.05, 0) is 24.3 Å². The molecule has 2 heterocycles. The van der Waals surface area contributed by atoms with Gasteiger partial charge in [0.15, 0.2) is 0 Å². The molecule has 1 amide bonds. The number of amides is 1. The standard InChI is InChI=1S/C15H11N5O3/c21-15(18-12-3-5-16-6-4-12)11-1-2-13(14(9-11)20(22)23)19-8-7-17-10-19/h1-10H,(H,16,18,21). The van der Waals surface area contributed by atoms with E-state index in [4.69, 9.17) is 0 Å². The summed E-state index contributed by atoms with van der Waals surface area (Å²) in [6.07, 6.45) is 7.66. The Bertz CT molecular complexity index is 847. The van der Waals surface area contributed by atoms with E-state index in [1.54, 1.807) is 30.7 Å². The highest BCUT2D eigenvalue weighted by molar-refractivity contribution is 6.04. The molecular weight excluding hydrogens is 298 g/mol. The summed E-state index contributed by atoms with van der Waals surface area (Å²) in [6.45, 7) is 0. The van der Waals surface area contributed by atoms with Gasteiger partial charge in [0.05, 0.1) is 11.3 Å². The maximum absolute atomic E-state index is 12.2. The second kappa shape index (κ2) is 6.06. The topological polar surface area (TPSA) is 103 Å². The quantitative estimate of drug-likeness (QED) is 0.589. The summed E-state index contributed by atoms with van der Waals surface area (Å²) in [7, 11) is 0. The number of rotatable bonds is 4. The number of carbonyl (C=O) groups is 1. The zero-order chi connectivity index (χ0) is 16.2.